The number of benzene rings is 1. The smallest absolute Gasteiger partial charge is 0.274 e. The summed E-state index contributed by atoms with van der Waals surface area (Å²) in [7, 11) is 0. The highest BCUT2D eigenvalue weighted by atomic mass is 16.6. The van der Waals surface area contributed by atoms with Gasteiger partial charge < -0.3 is 5.32 Å². The Bertz CT molecular complexity index is 408. The Morgan fingerprint density at radius 2 is 2.33 bits per heavy atom. The highest BCUT2D eigenvalue weighted by Gasteiger charge is 2.12. The zero-order valence-corrected chi connectivity index (χ0v) is 8.49. The maximum absolute atomic E-state index is 10.7. The number of rotatable bonds is 4. The van der Waals surface area contributed by atoms with E-state index in [2.05, 4.69) is 11.2 Å². The molecule has 0 bridgehead atoms. The summed E-state index contributed by atoms with van der Waals surface area (Å²) in [6.45, 7) is 2.25. The summed E-state index contributed by atoms with van der Waals surface area (Å²) in [6.07, 6.45) is 5.73. The molecule has 0 aliphatic heterocycles. The van der Waals surface area contributed by atoms with Gasteiger partial charge in [0.15, 0.2) is 0 Å². The number of hydrogen-bond acceptors (Lipinski definition) is 3. The zero-order chi connectivity index (χ0) is 11.3. The summed E-state index contributed by atoms with van der Waals surface area (Å²) in [5.74, 6) is 2.41. The van der Waals surface area contributed by atoms with E-state index < -0.39 is 0 Å². The molecule has 0 aromatic heterocycles. The van der Waals surface area contributed by atoms with Crippen LogP contribution in [0.25, 0.3) is 0 Å². The summed E-state index contributed by atoms with van der Waals surface area (Å²) in [5.41, 5.74) is 1.54. The van der Waals surface area contributed by atoms with Gasteiger partial charge in [0.05, 0.1) is 11.5 Å². The van der Waals surface area contributed by atoms with Crippen molar-refractivity contribution in [1.29, 1.82) is 0 Å². The van der Waals surface area contributed by atoms with Crippen molar-refractivity contribution in [1.82, 2.24) is 0 Å². The van der Waals surface area contributed by atoms with Crippen LogP contribution in [0.3, 0.4) is 0 Å². The molecule has 4 nitrogen and oxygen atoms in total. The van der Waals surface area contributed by atoms with Crippen molar-refractivity contribution in [2.45, 2.75) is 13.3 Å². The SMILES string of the molecule is C#CCNc1ccc(CC)c([N+](=O)[O-])c1. The molecule has 0 fully saturated rings. The average molecular weight is 204 g/mol. The van der Waals surface area contributed by atoms with E-state index in [9.17, 15) is 10.1 Å². The first-order valence-corrected chi connectivity index (χ1v) is 4.63. The highest BCUT2D eigenvalue weighted by Crippen LogP contribution is 2.23. The lowest BCUT2D eigenvalue weighted by molar-refractivity contribution is -0.385. The largest absolute Gasteiger partial charge is 0.374 e. The van der Waals surface area contributed by atoms with Crippen LogP contribution in [0.5, 0.6) is 0 Å². The lowest BCUT2D eigenvalue weighted by Gasteiger charge is -2.04. The van der Waals surface area contributed by atoms with Crippen LogP contribution < -0.4 is 5.32 Å². The third-order valence-electron chi connectivity index (χ3n) is 2.06. The van der Waals surface area contributed by atoms with Crippen LogP contribution in [0, 0.1) is 22.5 Å². The van der Waals surface area contributed by atoms with Crippen LogP contribution in [0.2, 0.25) is 0 Å². The van der Waals surface area contributed by atoms with E-state index >= 15 is 0 Å². The van der Waals surface area contributed by atoms with Crippen molar-refractivity contribution in [2.75, 3.05) is 11.9 Å². The third kappa shape index (κ3) is 2.71. The number of aryl methyl sites for hydroxylation is 1. The number of nitro groups is 1. The normalized spacial score (nSPS) is 9.33. The lowest BCUT2D eigenvalue weighted by atomic mass is 10.1. The Balaban J connectivity index is 3.00. The van der Waals surface area contributed by atoms with Gasteiger partial charge in [-0.2, -0.15) is 0 Å². The number of terminal acetylenes is 1. The molecule has 0 saturated carbocycles. The Kier molecular flexibility index (Phi) is 3.69. The molecule has 1 aromatic carbocycles. The first kappa shape index (κ1) is 11.1. The first-order valence-electron chi connectivity index (χ1n) is 4.63. The monoisotopic (exact) mass is 204 g/mol. The fraction of sp³-hybridized carbons (Fsp3) is 0.273. The maximum Gasteiger partial charge on any atom is 0.274 e. The van der Waals surface area contributed by atoms with Crippen molar-refractivity contribution < 1.29 is 4.92 Å². The van der Waals surface area contributed by atoms with E-state index in [1.807, 2.05) is 6.92 Å². The molecule has 0 unspecified atom stereocenters. The molecule has 1 rings (SSSR count). The fourth-order valence-corrected chi connectivity index (χ4v) is 1.30. The predicted octanol–water partition coefficient (Wildman–Crippen LogP) is 2.20. The van der Waals surface area contributed by atoms with Gasteiger partial charge in [-0.25, -0.2) is 0 Å². The van der Waals surface area contributed by atoms with E-state index in [1.54, 1.807) is 12.1 Å². The Hall–Kier alpha value is -2.02. The minimum atomic E-state index is -0.375. The number of nitrogens with one attached hydrogen (secondary N) is 1. The summed E-state index contributed by atoms with van der Waals surface area (Å²) in [4.78, 5) is 10.4. The molecule has 0 spiro atoms. The number of nitrogens with zero attached hydrogens (tertiary/aromatic N) is 1. The van der Waals surface area contributed by atoms with Gasteiger partial charge in [-0.15, -0.1) is 6.42 Å². The van der Waals surface area contributed by atoms with Gasteiger partial charge in [-0.3, -0.25) is 10.1 Å². The third-order valence-corrected chi connectivity index (χ3v) is 2.06. The predicted molar refractivity (Wildman–Crippen MR) is 59.8 cm³/mol. The molecule has 1 N–H and O–H groups in total. The fourth-order valence-electron chi connectivity index (χ4n) is 1.30. The van der Waals surface area contributed by atoms with Gasteiger partial charge in [0, 0.05) is 17.3 Å². The molecule has 1 aromatic rings. The minimum Gasteiger partial charge on any atom is -0.374 e. The van der Waals surface area contributed by atoms with Crippen LogP contribution in [-0.2, 0) is 6.42 Å². The molecule has 0 aliphatic rings. The molecule has 0 aliphatic carbocycles. The van der Waals surface area contributed by atoms with E-state index in [0.29, 0.717) is 18.7 Å². The van der Waals surface area contributed by atoms with E-state index in [4.69, 9.17) is 6.42 Å². The van der Waals surface area contributed by atoms with Crippen molar-refractivity contribution in [3.8, 4) is 12.3 Å². The van der Waals surface area contributed by atoms with Crippen LogP contribution >= 0.6 is 0 Å². The summed E-state index contributed by atoms with van der Waals surface area (Å²) < 4.78 is 0. The summed E-state index contributed by atoms with van der Waals surface area (Å²) >= 11 is 0. The second-order valence-electron chi connectivity index (χ2n) is 3.01. The van der Waals surface area contributed by atoms with Crippen LogP contribution in [0.4, 0.5) is 11.4 Å². The lowest BCUT2D eigenvalue weighted by Crippen LogP contribution is -2.00. The van der Waals surface area contributed by atoms with Gasteiger partial charge in [-0.1, -0.05) is 18.9 Å². The van der Waals surface area contributed by atoms with E-state index in [0.717, 1.165) is 5.56 Å². The number of anilines is 1. The van der Waals surface area contributed by atoms with E-state index in [1.165, 1.54) is 6.07 Å². The Morgan fingerprint density at radius 1 is 1.60 bits per heavy atom. The van der Waals surface area contributed by atoms with Gasteiger partial charge in [0.25, 0.3) is 5.69 Å². The first-order chi connectivity index (χ1) is 7.19. The molecule has 15 heavy (non-hydrogen) atoms. The second-order valence-corrected chi connectivity index (χ2v) is 3.01. The molecular weight excluding hydrogens is 192 g/mol. The van der Waals surface area contributed by atoms with Crippen LogP contribution in [0.1, 0.15) is 12.5 Å². The average Bonchev–Trinajstić information content (AvgIpc) is 2.25. The standard InChI is InChI=1S/C11H12N2O2/c1-3-7-12-10-6-5-9(4-2)11(8-10)13(14)15/h1,5-6,8,12H,4,7H2,2H3. The summed E-state index contributed by atoms with van der Waals surface area (Å²) in [5, 5.41) is 13.6. The molecule has 0 saturated heterocycles. The second kappa shape index (κ2) is 5.01. The quantitative estimate of drug-likeness (QED) is 0.464. The van der Waals surface area contributed by atoms with Gasteiger partial charge >= 0.3 is 0 Å². The highest BCUT2D eigenvalue weighted by molar-refractivity contribution is 5.55. The van der Waals surface area contributed by atoms with Crippen molar-refractivity contribution >= 4 is 11.4 Å². The molecule has 0 amide bonds. The van der Waals surface area contributed by atoms with Crippen LogP contribution in [0.15, 0.2) is 18.2 Å². The molecule has 4 heteroatoms. The molecule has 0 radical (unpaired) electrons. The topological polar surface area (TPSA) is 55.2 Å². The van der Waals surface area contributed by atoms with Gasteiger partial charge in [0.2, 0.25) is 0 Å². The van der Waals surface area contributed by atoms with Gasteiger partial charge in [0.1, 0.15) is 0 Å². The molecular formula is C11H12N2O2. The van der Waals surface area contributed by atoms with E-state index in [-0.39, 0.29) is 10.6 Å². The number of nitro benzene ring substituents is 1. The zero-order valence-electron chi connectivity index (χ0n) is 8.49. The van der Waals surface area contributed by atoms with Crippen molar-refractivity contribution in [2.24, 2.45) is 0 Å². The minimum absolute atomic E-state index is 0.138. The van der Waals surface area contributed by atoms with Crippen molar-refractivity contribution in [3.05, 3.63) is 33.9 Å². The number of hydrogen-bond donors (Lipinski definition) is 1. The van der Waals surface area contributed by atoms with Crippen LogP contribution in [-0.4, -0.2) is 11.5 Å². The molecule has 78 valence electrons. The molecule has 0 heterocycles. The van der Waals surface area contributed by atoms with Crippen molar-refractivity contribution in [3.63, 3.8) is 0 Å². The summed E-state index contributed by atoms with van der Waals surface area (Å²) in [6, 6.07) is 5.05. The maximum atomic E-state index is 10.7. The Morgan fingerprint density at radius 3 is 2.87 bits per heavy atom. The molecule has 0 atom stereocenters. The Labute approximate surface area is 88.5 Å². The van der Waals surface area contributed by atoms with Gasteiger partial charge in [-0.05, 0) is 12.5 Å².